The van der Waals surface area contributed by atoms with Crippen LogP contribution in [0.1, 0.15) is 40.0 Å². The second-order valence-electron chi connectivity index (χ2n) is 5.59. The fourth-order valence-corrected chi connectivity index (χ4v) is 1.92. The number of rotatable bonds is 7. The van der Waals surface area contributed by atoms with Gasteiger partial charge in [0.1, 0.15) is 0 Å². The quantitative estimate of drug-likeness (QED) is 0.698. The van der Waals surface area contributed by atoms with Crippen LogP contribution in [-0.4, -0.2) is 42.5 Å². The van der Waals surface area contributed by atoms with E-state index in [2.05, 4.69) is 38.0 Å². The molecule has 0 heterocycles. The van der Waals surface area contributed by atoms with Gasteiger partial charge in [0, 0.05) is 31.1 Å². The zero-order valence-electron chi connectivity index (χ0n) is 11.6. The minimum Gasteiger partial charge on any atom is -0.353 e. The number of nitrogens with zero attached hydrogens (tertiary/aromatic N) is 1. The monoisotopic (exact) mass is 241 g/mol. The van der Waals surface area contributed by atoms with Gasteiger partial charge in [0.25, 0.3) is 0 Å². The minimum absolute atomic E-state index is 0.144. The lowest BCUT2D eigenvalue weighted by molar-refractivity contribution is -0.122. The van der Waals surface area contributed by atoms with Gasteiger partial charge in [-0.15, -0.1) is 0 Å². The first-order valence-electron chi connectivity index (χ1n) is 6.67. The highest BCUT2D eigenvalue weighted by atomic mass is 16.1. The van der Waals surface area contributed by atoms with Crippen molar-refractivity contribution in [2.75, 3.05) is 13.6 Å². The Bertz CT molecular complexity index is 251. The molecular weight excluding hydrogens is 214 g/mol. The topological polar surface area (TPSA) is 58.4 Å². The third-order valence-corrected chi connectivity index (χ3v) is 3.82. The molecule has 4 heteroatoms. The molecular formula is C13H27N3O. The molecule has 1 rings (SSSR count). The molecule has 0 aromatic rings. The van der Waals surface area contributed by atoms with Crippen LogP contribution >= 0.6 is 0 Å². The molecule has 1 amide bonds. The molecule has 0 bridgehead atoms. The summed E-state index contributed by atoms with van der Waals surface area (Å²) in [7, 11) is 2.06. The summed E-state index contributed by atoms with van der Waals surface area (Å²) in [5.41, 5.74) is 5.78. The van der Waals surface area contributed by atoms with Gasteiger partial charge in [0.15, 0.2) is 0 Å². The maximum Gasteiger partial charge on any atom is 0.221 e. The predicted octanol–water partition coefficient (Wildman–Crippen LogP) is 0.959. The molecule has 1 fully saturated rings. The number of amides is 1. The SMILES string of the molecule is CC(C)C(C)N(C)C(CN)CC(=O)NC1CC1. The zero-order valence-corrected chi connectivity index (χ0v) is 11.6. The number of hydrogen-bond acceptors (Lipinski definition) is 3. The lowest BCUT2D eigenvalue weighted by Gasteiger charge is -2.34. The van der Waals surface area contributed by atoms with Crippen LogP contribution in [0.3, 0.4) is 0 Å². The van der Waals surface area contributed by atoms with Crippen molar-refractivity contribution in [3.8, 4) is 0 Å². The lowest BCUT2D eigenvalue weighted by Crippen LogP contribution is -2.47. The van der Waals surface area contributed by atoms with E-state index in [1.807, 2.05) is 0 Å². The van der Waals surface area contributed by atoms with Gasteiger partial charge in [-0.2, -0.15) is 0 Å². The van der Waals surface area contributed by atoms with Gasteiger partial charge < -0.3 is 11.1 Å². The van der Waals surface area contributed by atoms with Gasteiger partial charge >= 0.3 is 0 Å². The molecule has 0 aliphatic heterocycles. The molecule has 0 aromatic heterocycles. The van der Waals surface area contributed by atoms with Crippen molar-refractivity contribution in [3.05, 3.63) is 0 Å². The Hall–Kier alpha value is -0.610. The van der Waals surface area contributed by atoms with Crippen LogP contribution in [0.2, 0.25) is 0 Å². The fourth-order valence-electron chi connectivity index (χ4n) is 1.92. The van der Waals surface area contributed by atoms with Gasteiger partial charge in [-0.05, 0) is 32.7 Å². The average Bonchev–Trinajstić information content (AvgIpc) is 3.07. The Morgan fingerprint density at radius 3 is 2.41 bits per heavy atom. The van der Waals surface area contributed by atoms with E-state index in [1.54, 1.807) is 0 Å². The van der Waals surface area contributed by atoms with Crippen molar-refractivity contribution in [2.45, 2.75) is 58.2 Å². The van der Waals surface area contributed by atoms with Crippen molar-refractivity contribution in [2.24, 2.45) is 11.7 Å². The summed E-state index contributed by atoms with van der Waals surface area (Å²) >= 11 is 0. The molecule has 1 saturated carbocycles. The summed E-state index contributed by atoms with van der Waals surface area (Å²) < 4.78 is 0. The summed E-state index contributed by atoms with van der Waals surface area (Å²) in [6.45, 7) is 7.11. The molecule has 17 heavy (non-hydrogen) atoms. The zero-order chi connectivity index (χ0) is 13.0. The first-order valence-corrected chi connectivity index (χ1v) is 6.67. The van der Waals surface area contributed by atoms with E-state index in [1.165, 1.54) is 0 Å². The van der Waals surface area contributed by atoms with Crippen molar-refractivity contribution < 1.29 is 4.79 Å². The highest BCUT2D eigenvalue weighted by Gasteiger charge is 2.27. The molecule has 1 aliphatic rings. The maximum atomic E-state index is 11.8. The van der Waals surface area contributed by atoms with Gasteiger partial charge in [-0.3, -0.25) is 9.69 Å². The van der Waals surface area contributed by atoms with Crippen LogP contribution < -0.4 is 11.1 Å². The highest BCUT2D eigenvalue weighted by Crippen LogP contribution is 2.19. The Labute approximate surface area is 105 Å². The van der Waals surface area contributed by atoms with Gasteiger partial charge in [-0.1, -0.05) is 13.8 Å². The Kier molecular flexibility index (Phi) is 5.40. The molecule has 0 aromatic carbocycles. The number of nitrogens with one attached hydrogen (secondary N) is 1. The van der Waals surface area contributed by atoms with Crippen LogP contribution in [-0.2, 0) is 4.79 Å². The summed E-state index contributed by atoms with van der Waals surface area (Å²) in [5.74, 6) is 0.714. The van der Waals surface area contributed by atoms with Gasteiger partial charge in [0.05, 0.1) is 0 Å². The highest BCUT2D eigenvalue weighted by molar-refractivity contribution is 5.77. The second-order valence-corrected chi connectivity index (χ2v) is 5.59. The van der Waals surface area contributed by atoms with Crippen LogP contribution in [0, 0.1) is 5.92 Å². The van der Waals surface area contributed by atoms with E-state index in [0.717, 1.165) is 12.8 Å². The van der Waals surface area contributed by atoms with E-state index < -0.39 is 0 Å². The molecule has 100 valence electrons. The molecule has 3 N–H and O–H groups in total. The third kappa shape index (κ3) is 4.64. The summed E-state index contributed by atoms with van der Waals surface area (Å²) in [4.78, 5) is 14.0. The first-order chi connectivity index (χ1) is 7.95. The van der Waals surface area contributed by atoms with Gasteiger partial charge in [-0.25, -0.2) is 0 Å². The van der Waals surface area contributed by atoms with Crippen molar-refractivity contribution in [1.82, 2.24) is 10.2 Å². The molecule has 0 radical (unpaired) electrons. The smallest absolute Gasteiger partial charge is 0.221 e. The number of likely N-dealkylation sites (N-methyl/N-ethyl adjacent to an activating group) is 1. The molecule has 0 spiro atoms. The molecule has 1 aliphatic carbocycles. The van der Waals surface area contributed by atoms with E-state index in [9.17, 15) is 4.79 Å². The van der Waals surface area contributed by atoms with E-state index in [0.29, 0.717) is 31.0 Å². The molecule has 4 nitrogen and oxygen atoms in total. The van der Waals surface area contributed by atoms with E-state index >= 15 is 0 Å². The number of carbonyl (C=O) groups excluding carboxylic acids is 1. The second kappa shape index (κ2) is 6.36. The number of nitrogens with two attached hydrogens (primary N) is 1. The number of hydrogen-bond donors (Lipinski definition) is 2. The van der Waals surface area contributed by atoms with Crippen LogP contribution in [0.4, 0.5) is 0 Å². The largest absolute Gasteiger partial charge is 0.353 e. The maximum absolute atomic E-state index is 11.8. The fraction of sp³-hybridized carbons (Fsp3) is 0.923. The normalized spacial score (nSPS) is 19.5. The summed E-state index contributed by atoms with van der Waals surface area (Å²) in [5, 5.41) is 3.02. The Morgan fingerprint density at radius 2 is 2.00 bits per heavy atom. The van der Waals surface area contributed by atoms with Gasteiger partial charge in [0.2, 0.25) is 5.91 Å². The Balaban J connectivity index is 2.42. The van der Waals surface area contributed by atoms with Crippen molar-refractivity contribution in [3.63, 3.8) is 0 Å². The Morgan fingerprint density at radius 1 is 1.41 bits per heavy atom. The minimum atomic E-state index is 0.144. The standard InChI is InChI=1S/C13H27N3O/c1-9(2)10(3)16(4)12(8-14)7-13(17)15-11-5-6-11/h9-12H,5-8,14H2,1-4H3,(H,15,17). The first kappa shape index (κ1) is 14.5. The van der Waals surface area contributed by atoms with Crippen LogP contribution in [0.5, 0.6) is 0 Å². The summed E-state index contributed by atoms with van der Waals surface area (Å²) in [6, 6.07) is 1.03. The molecule has 2 atom stereocenters. The average molecular weight is 241 g/mol. The van der Waals surface area contributed by atoms with Crippen LogP contribution in [0.15, 0.2) is 0 Å². The summed E-state index contributed by atoms with van der Waals surface area (Å²) in [6.07, 6.45) is 2.79. The third-order valence-electron chi connectivity index (χ3n) is 3.82. The molecule has 2 unspecified atom stereocenters. The van der Waals surface area contributed by atoms with Crippen molar-refractivity contribution in [1.29, 1.82) is 0 Å². The van der Waals surface area contributed by atoms with E-state index in [-0.39, 0.29) is 11.9 Å². The predicted molar refractivity (Wildman–Crippen MR) is 70.7 cm³/mol. The van der Waals surface area contributed by atoms with E-state index in [4.69, 9.17) is 5.73 Å². The number of carbonyl (C=O) groups is 1. The lowest BCUT2D eigenvalue weighted by atomic mass is 10.0. The van der Waals surface area contributed by atoms with Crippen molar-refractivity contribution >= 4 is 5.91 Å². The molecule has 0 saturated heterocycles. The van der Waals surface area contributed by atoms with Crippen LogP contribution in [0.25, 0.3) is 0 Å².